The van der Waals surface area contributed by atoms with Crippen LogP contribution in [-0.4, -0.2) is 30.6 Å². The van der Waals surface area contributed by atoms with E-state index in [1.54, 1.807) is 0 Å². The minimum Gasteiger partial charge on any atom is -0.380 e. The zero-order chi connectivity index (χ0) is 13.8. The first-order valence-corrected chi connectivity index (χ1v) is 7.49. The van der Waals surface area contributed by atoms with Crippen molar-refractivity contribution in [3.8, 4) is 0 Å². The molecule has 0 bridgehead atoms. The summed E-state index contributed by atoms with van der Waals surface area (Å²) < 4.78 is 13.1. The number of likely N-dealkylation sites (tertiary alicyclic amines) is 1. The Bertz CT molecular complexity index is 416. The zero-order valence-electron chi connectivity index (χ0n) is 11.1. The van der Waals surface area contributed by atoms with Gasteiger partial charge in [0.2, 0.25) is 0 Å². The second-order valence-electron chi connectivity index (χ2n) is 4.95. The third kappa shape index (κ3) is 3.98. The number of halogens is 3. The fourth-order valence-corrected chi connectivity index (χ4v) is 3.07. The standard InChI is InChI=1S/C14H19Cl2FN2/c1-2-19-6-3-4-11(5-7-19)18-14-12(15)8-10(17)9-13(14)16/h8-9,11,18H,2-7H2,1H3. The highest BCUT2D eigenvalue weighted by atomic mass is 35.5. The van der Waals surface area contributed by atoms with Gasteiger partial charge in [0.25, 0.3) is 0 Å². The van der Waals surface area contributed by atoms with E-state index in [-0.39, 0.29) is 0 Å². The van der Waals surface area contributed by atoms with Crippen LogP contribution in [0.2, 0.25) is 10.0 Å². The number of nitrogens with zero attached hydrogens (tertiary/aromatic N) is 1. The number of rotatable bonds is 3. The van der Waals surface area contributed by atoms with E-state index in [1.807, 2.05) is 0 Å². The molecule has 1 saturated heterocycles. The molecule has 0 aromatic heterocycles. The van der Waals surface area contributed by atoms with Gasteiger partial charge in [-0.3, -0.25) is 0 Å². The van der Waals surface area contributed by atoms with Gasteiger partial charge in [-0.1, -0.05) is 30.1 Å². The Kier molecular flexibility index (Phi) is 5.31. The summed E-state index contributed by atoms with van der Waals surface area (Å²) in [5, 5.41) is 4.07. The predicted molar refractivity (Wildman–Crippen MR) is 79.8 cm³/mol. The van der Waals surface area contributed by atoms with Crippen molar-refractivity contribution in [2.75, 3.05) is 25.0 Å². The molecular weight excluding hydrogens is 286 g/mol. The van der Waals surface area contributed by atoms with Gasteiger partial charge in [-0.15, -0.1) is 0 Å². The Balaban J connectivity index is 2.05. The normalized spacial score (nSPS) is 21.2. The van der Waals surface area contributed by atoms with Crippen molar-refractivity contribution in [3.05, 3.63) is 28.0 Å². The second-order valence-corrected chi connectivity index (χ2v) is 5.77. The molecule has 0 amide bonds. The van der Waals surface area contributed by atoms with Gasteiger partial charge in [0, 0.05) is 12.6 Å². The van der Waals surface area contributed by atoms with E-state index >= 15 is 0 Å². The molecule has 0 aliphatic carbocycles. The van der Waals surface area contributed by atoms with Crippen LogP contribution in [0.15, 0.2) is 12.1 Å². The summed E-state index contributed by atoms with van der Waals surface area (Å²) in [6.07, 6.45) is 3.29. The first kappa shape index (κ1) is 14.9. The Labute approximate surface area is 123 Å². The van der Waals surface area contributed by atoms with Gasteiger partial charge in [-0.05, 0) is 44.5 Å². The molecule has 5 heteroatoms. The van der Waals surface area contributed by atoms with Crippen LogP contribution >= 0.6 is 23.2 Å². The van der Waals surface area contributed by atoms with E-state index in [9.17, 15) is 4.39 Å². The lowest BCUT2D eigenvalue weighted by atomic mass is 10.1. The average molecular weight is 305 g/mol. The van der Waals surface area contributed by atoms with Crippen molar-refractivity contribution < 1.29 is 4.39 Å². The molecule has 19 heavy (non-hydrogen) atoms. The van der Waals surface area contributed by atoms with Gasteiger partial charge in [-0.25, -0.2) is 4.39 Å². The van der Waals surface area contributed by atoms with E-state index in [0.29, 0.717) is 21.8 Å². The Morgan fingerprint density at radius 3 is 2.58 bits per heavy atom. The minimum absolute atomic E-state index is 0.344. The fourth-order valence-electron chi connectivity index (χ4n) is 2.50. The van der Waals surface area contributed by atoms with Crippen molar-refractivity contribution in [1.29, 1.82) is 0 Å². The van der Waals surface area contributed by atoms with Gasteiger partial charge in [0.15, 0.2) is 0 Å². The number of hydrogen-bond donors (Lipinski definition) is 1. The average Bonchev–Trinajstić information content (AvgIpc) is 2.58. The van der Waals surface area contributed by atoms with Crippen molar-refractivity contribution in [3.63, 3.8) is 0 Å². The molecule has 2 nitrogen and oxygen atoms in total. The smallest absolute Gasteiger partial charge is 0.126 e. The summed E-state index contributed by atoms with van der Waals surface area (Å²) in [6, 6.07) is 2.94. The molecule has 0 spiro atoms. The lowest BCUT2D eigenvalue weighted by Gasteiger charge is -2.20. The molecule has 1 heterocycles. The first-order chi connectivity index (χ1) is 9.10. The SMILES string of the molecule is CCN1CCCC(Nc2c(Cl)cc(F)cc2Cl)CC1. The number of benzene rings is 1. The highest BCUT2D eigenvalue weighted by Gasteiger charge is 2.18. The van der Waals surface area contributed by atoms with Gasteiger partial charge < -0.3 is 10.2 Å². The Morgan fingerprint density at radius 1 is 1.26 bits per heavy atom. The number of anilines is 1. The second kappa shape index (κ2) is 6.78. The summed E-state index contributed by atoms with van der Waals surface area (Å²) in [4.78, 5) is 2.44. The third-order valence-electron chi connectivity index (χ3n) is 3.62. The molecule has 1 aromatic carbocycles. The maximum absolute atomic E-state index is 13.1. The summed E-state index contributed by atoms with van der Waals surface area (Å²) in [7, 11) is 0. The molecule has 1 aliphatic rings. The molecule has 1 N–H and O–H groups in total. The van der Waals surface area contributed by atoms with Crippen LogP contribution in [0.5, 0.6) is 0 Å². The molecule has 0 radical (unpaired) electrons. The van der Waals surface area contributed by atoms with Crippen LogP contribution < -0.4 is 5.32 Å². The molecule has 2 rings (SSSR count). The van der Waals surface area contributed by atoms with E-state index < -0.39 is 5.82 Å². The molecular formula is C14H19Cl2FN2. The maximum Gasteiger partial charge on any atom is 0.126 e. The largest absolute Gasteiger partial charge is 0.380 e. The molecule has 1 atom stereocenters. The molecule has 1 fully saturated rings. The molecule has 1 aliphatic heterocycles. The fraction of sp³-hybridized carbons (Fsp3) is 0.571. The van der Waals surface area contributed by atoms with Gasteiger partial charge in [0.05, 0.1) is 15.7 Å². The Hall–Kier alpha value is -0.510. The highest BCUT2D eigenvalue weighted by Crippen LogP contribution is 2.33. The quantitative estimate of drug-likeness (QED) is 0.889. The van der Waals surface area contributed by atoms with Crippen molar-refractivity contribution in [1.82, 2.24) is 4.90 Å². The van der Waals surface area contributed by atoms with Crippen LogP contribution in [-0.2, 0) is 0 Å². The molecule has 106 valence electrons. The Morgan fingerprint density at radius 2 is 1.95 bits per heavy atom. The lowest BCUT2D eigenvalue weighted by molar-refractivity contribution is 0.300. The van der Waals surface area contributed by atoms with Crippen LogP contribution in [0.25, 0.3) is 0 Å². The third-order valence-corrected chi connectivity index (χ3v) is 4.22. The van der Waals surface area contributed by atoms with Gasteiger partial charge >= 0.3 is 0 Å². The summed E-state index contributed by atoms with van der Waals surface area (Å²) in [5.74, 6) is -0.404. The number of hydrogen-bond acceptors (Lipinski definition) is 2. The highest BCUT2D eigenvalue weighted by molar-refractivity contribution is 6.39. The predicted octanol–water partition coefficient (Wildman–Crippen LogP) is 4.42. The lowest BCUT2D eigenvalue weighted by Crippen LogP contribution is -2.26. The van der Waals surface area contributed by atoms with Crippen LogP contribution in [0.1, 0.15) is 26.2 Å². The molecule has 0 saturated carbocycles. The van der Waals surface area contributed by atoms with E-state index in [1.165, 1.54) is 12.1 Å². The van der Waals surface area contributed by atoms with E-state index in [0.717, 1.165) is 38.9 Å². The van der Waals surface area contributed by atoms with Crippen molar-refractivity contribution in [2.45, 2.75) is 32.2 Å². The van der Waals surface area contributed by atoms with Gasteiger partial charge in [0.1, 0.15) is 5.82 Å². The number of nitrogens with one attached hydrogen (secondary N) is 1. The minimum atomic E-state index is -0.404. The summed E-state index contributed by atoms with van der Waals surface area (Å²) in [5.41, 5.74) is 0.652. The van der Waals surface area contributed by atoms with Crippen molar-refractivity contribution >= 4 is 28.9 Å². The van der Waals surface area contributed by atoms with Crippen LogP contribution in [0, 0.1) is 5.82 Å². The van der Waals surface area contributed by atoms with E-state index in [4.69, 9.17) is 23.2 Å². The topological polar surface area (TPSA) is 15.3 Å². The summed E-state index contributed by atoms with van der Waals surface area (Å²) in [6.45, 7) is 5.48. The molecule has 1 aromatic rings. The monoisotopic (exact) mass is 304 g/mol. The van der Waals surface area contributed by atoms with Crippen molar-refractivity contribution in [2.24, 2.45) is 0 Å². The van der Waals surface area contributed by atoms with Gasteiger partial charge in [-0.2, -0.15) is 0 Å². The van der Waals surface area contributed by atoms with Crippen LogP contribution in [0.3, 0.4) is 0 Å². The zero-order valence-corrected chi connectivity index (χ0v) is 12.6. The first-order valence-electron chi connectivity index (χ1n) is 6.73. The molecule has 1 unspecified atom stereocenters. The maximum atomic E-state index is 13.1. The van der Waals surface area contributed by atoms with E-state index in [2.05, 4.69) is 17.1 Å². The summed E-state index contributed by atoms with van der Waals surface area (Å²) >= 11 is 12.1. The van der Waals surface area contributed by atoms with Crippen LogP contribution in [0.4, 0.5) is 10.1 Å².